The second kappa shape index (κ2) is 9.63. The van der Waals surface area contributed by atoms with Crippen LogP contribution < -0.4 is 5.49 Å². The highest BCUT2D eigenvalue weighted by atomic mass is 32.2. The van der Waals surface area contributed by atoms with Gasteiger partial charge in [-0.25, -0.2) is 8.42 Å². The van der Waals surface area contributed by atoms with Gasteiger partial charge in [-0.05, 0) is 55.2 Å². The van der Waals surface area contributed by atoms with Crippen molar-refractivity contribution in [1.29, 1.82) is 0 Å². The summed E-state index contributed by atoms with van der Waals surface area (Å²) < 4.78 is 29.8. The van der Waals surface area contributed by atoms with Crippen molar-refractivity contribution in [2.75, 3.05) is 13.1 Å². The lowest BCUT2D eigenvalue weighted by Gasteiger charge is -2.26. The minimum atomic E-state index is -3.64. The molecule has 0 saturated carbocycles. The molecule has 0 radical (unpaired) electrons. The van der Waals surface area contributed by atoms with Crippen molar-refractivity contribution >= 4 is 15.9 Å². The van der Waals surface area contributed by atoms with Gasteiger partial charge in [-0.2, -0.15) is 9.30 Å². The number of carbonyl (C=O) groups excluding carboxylic acids is 1. The smallest absolute Gasteiger partial charge is 0.278 e. The van der Waals surface area contributed by atoms with Crippen LogP contribution >= 0.6 is 0 Å². The van der Waals surface area contributed by atoms with Crippen LogP contribution in [0.4, 0.5) is 0 Å². The Morgan fingerprint density at radius 3 is 2.41 bits per heavy atom. The average molecular weight is 450 g/mol. The molecule has 0 unspecified atom stereocenters. The number of aryl methyl sites for hydroxylation is 1. The van der Waals surface area contributed by atoms with Crippen molar-refractivity contribution in [3.63, 3.8) is 0 Å². The maximum atomic E-state index is 13.2. The molecule has 0 spiro atoms. The summed E-state index contributed by atoms with van der Waals surface area (Å²) in [6.45, 7) is 3.38. The second-order valence-corrected chi connectivity index (χ2v) is 9.94. The van der Waals surface area contributed by atoms with Gasteiger partial charge in [0.2, 0.25) is 10.0 Å². The Labute approximate surface area is 188 Å². The molecule has 1 fully saturated rings. The van der Waals surface area contributed by atoms with Crippen molar-refractivity contribution < 1.29 is 13.2 Å². The van der Waals surface area contributed by atoms with Gasteiger partial charge in [0.1, 0.15) is 5.49 Å². The zero-order valence-corrected chi connectivity index (χ0v) is 19.0. The molecule has 0 atom stereocenters. The highest BCUT2D eigenvalue weighted by molar-refractivity contribution is 7.89. The molecule has 6 nitrogen and oxygen atoms in total. The lowest BCUT2D eigenvalue weighted by molar-refractivity contribution is 0.0997. The van der Waals surface area contributed by atoms with E-state index in [-0.39, 0.29) is 10.5 Å². The van der Waals surface area contributed by atoms with Gasteiger partial charge < -0.3 is 4.57 Å². The monoisotopic (exact) mass is 449 g/mol. The first-order valence-electron chi connectivity index (χ1n) is 10.8. The maximum absolute atomic E-state index is 13.2. The van der Waals surface area contributed by atoms with Crippen LogP contribution in [-0.2, 0) is 16.6 Å². The number of amides is 1. The molecule has 0 N–H and O–H groups in total. The first kappa shape index (κ1) is 22.2. The van der Waals surface area contributed by atoms with Crippen molar-refractivity contribution in [1.82, 2.24) is 8.87 Å². The average Bonchev–Trinajstić information content (AvgIpc) is 2.82. The molecule has 2 heterocycles. The fourth-order valence-electron chi connectivity index (χ4n) is 3.91. The number of benzene rings is 2. The number of carbonyl (C=O) groups is 1. The fourth-order valence-corrected chi connectivity index (χ4v) is 5.67. The molecule has 0 aliphatic carbocycles. The summed E-state index contributed by atoms with van der Waals surface area (Å²) in [4.78, 5) is 17.5. The molecule has 2 aromatic carbocycles. The minimum absolute atomic E-state index is 0.186. The summed E-state index contributed by atoms with van der Waals surface area (Å²) in [6.07, 6.45) is 4.65. The van der Waals surface area contributed by atoms with Crippen LogP contribution in [0, 0.1) is 6.92 Å². The van der Waals surface area contributed by atoms with Crippen LogP contribution in [0.2, 0.25) is 0 Å². The Morgan fingerprint density at radius 2 is 1.66 bits per heavy atom. The Morgan fingerprint density at radius 1 is 0.938 bits per heavy atom. The van der Waals surface area contributed by atoms with Crippen LogP contribution in [0.15, 0.2) is 82.8 Å². The molecule has 3 aromatic rings. The highest BCUT2D eigenvalue weighted by Crippen LogP contribution is 2.24. The van der Waals surface area contributed by atoms with Crippen molar-refractivity contribution in [3.8, 4) is 0 Å². The molecule has 4 rings (SSSR count). The van der Waals surface area contributed by atoms with Gasteiger partial charge in [-0.1, -0.05) is 48.9 Å². The number of sulfonamides is 1. The number of rotatable bonds is 5. The van der Waals surface area contributed by atoms with E-state index in [0.717, 1.165) is 24.8 Å². The van der Waals surface area contributed by atoms with Gasteiger partial charge in [-0.3, -0.25) is 4.79 Å². The number of nitrogens with zero attached hydrogens (tertiary/aromatic N) is 3. The van der Waals surface area contributed by atoms with E-state index < -0.39 is 15.9 Å². The van der Waals surface area contributed by atoms with Crippen LogP contribution in [0.5, 0.6) is 0 Å². The van der Waals surface area contributed by atoms with Crippen LogP contribution in [-0.4, -0.2) is 36.3 Å². The van der Waals surface area contributed by atoms with E-state index in [4.69, 9.17) is 0 Å². The minimum Gasteiger partial charge on any atom is -0.328 e. The van der Waals surface area contributed by atoms with Crippen molar-refractivity contribution in [2.24, 2.45) is 4.99 Å². The largest absolute Gasteiger partial charge is 0.328 e. The predicted octanol–water partition coefficient (Wildman–Crippen LogP) is 3.76. The topological polar surface area (TPSA) is 71.7 Å². The maximum Gasteiger partial charge on any atom is 0.278 e. The molecule has 1 amide bonds. The van der Waals surface area contributed by atoms with Crippen LogP contribution in [0.3, 0.4) is 0 Å². The number of hydrogen-bond acceptors (Lipinski definition) is 3. The van der Waals surface area contributed by atoms with E-state index in [1.807, 2.05) is 53.2 Å². The summed E-state index contributed by atoms with van der Waals surface area (Å²) in [6, 6.07) is 20.2. The molecule has 32 heavy (non-hydrogen) atoms. The van der Waals surface area contributed by atoms with E-state index in [2.05, 4.69) is 4.99 Å². The number of hydrogen-bond donors (Lipinski definition) is 0. The second-order valence-electron chi connectivity index (χ2n) is 8.03. The Bertz CT molecular complexity index is 1280. The number of pyridine rings is 1. The van der Waals surface area contributed by atoms with Crippen molar-refractivity contribution in [2.45, 2.75) is 37.6 Å². The first-order chi connectivity index (χ1) is 15.4. The third-order valence-electron chi connectivity index (χ3n) is 5.70. The van der Waals surface area contributed by atoms with Gasteiger partial charge in [0.05, 0.1) is 4.90 Å². The van der Waals surface area contributed by atoms with Crippen LogP contribution in [0.1, 0.15) is 40.7 Å². The van der Waals surface area contributed by atoms with Gasteiger partial charge in [-0.15, -0.1) is 0 Å². The molecular weight excluding hydrogens is 422 g/mol. The number of aromatic nitrogens is 1. The summed E-state index contributed by atoms with van der Waals surface area (Å²) in [5, 5.41) is 0. The van der Waals surface area contributed by atoms with Gasteiger partial charge in [0, 0.05) is 31.4 Å². The Kier molecular flexibility index (Phi) is 6.67. The summed E-state index contributed by atoms with van der Waals surface area (Å²) in [7, 11) is -3.64. The zero-order chi connectivity index (χ0) is 22.6. The molecular formula is C25H27N3O3S. The number of piperidine rings is 1. The standard InChI is InChI=1S/C25H27N3O3S/c1-20-13-14-22(18-23(20)32(30,31)28-16-7-3-8-17-28)25(29)26-24-12-6-9-15-27(24)19-21-10-4-2-5-11-21/h2,4-6,9-15,18H,3,7-8,16-17,19H2,1H3. The van der Waals surface area contributed by atoms with E-state index in [9.17, 15) is 13.2 Å². The van der Waals surface area contributed by atoms with Gasteiger partial charge >= 0.3 is 0 Å². The van der Waals surface area contributed by atoms with E-state index in [1.165, 1.54) is 10.4 Å². The summed E-state index contributed by atoms with van der Waals surface area (Å²) in [5.74, 6) is -0.465. The van der Waals surface area contributed by atoms with Gasteiger partial charge in [0.15, 0.2) is 0 Å². The van der Waals surface area contributed by atoms with Crippen molar-refractivity contribution in [3.05, 3.63) is 95.1 Å². The fraction of sp³-hybridized carbons (Fsp3) is 0.280. The van der Waals surface area contributed by atoms with E-state index in [0.29, 0.717) is 30.7 Å². The van der Waals surface area contributed by atoms with Crippen LogP contribution in [0.25, 0.3) is 0 Å². The molecule has 1 aliphatic heterocycles. The zero-order valence-electron chi connectivity index (χ0n) is 18.1. The Hall–Kier alpha value is -3.03. The third kappa shape index (κ3) is 4.89. The van der Waals surface area contributed by atoms with E-state index in [1.54, 1.807) is 25.1 Å². The van der Waals surface area contributed by atoms with Gasteiger partial charge in [0.25, 0.3) is 5.91 Å². The Balaban J connectivity index is 1.67. The normalized spacial score (nSPS) is 15.6. The molecule has 7 heteroatoms. The molecule has 1 aliphatic rings. The lowest BCUT2D eigenvalue weighted by atomic mass is 10.1. The summed E-state index contributed by atoms with van der Waals surface area (Å²) in [5.41, 5.74) is 2.51. The first-order valence-corrected chi connectivity index (χ1v) is 12.3. The molecule has 1 aromatic heterocycles. The highest BCUT2D eigenvalue weighted by Gasteiger charge is 2.28. The lowest BCUT2D eigenvalue weighted by Crippen LogP contribution is -2.36. The summed E-state index contributed by atoms with van der Waals surface area (Å²) >= 11 is 0. The molecule has 1 saturated heterocycles. The SMILES string of the molecule is Cc1ccc(C(=O)N=c2ccccn2Cc2ccccc2)cc1S(=O)(=O)N1CCCCC1. The molecule has 166 valence electrons. The third-order valence-corrected chi connectivity index (χ3v) is 7.74. The van der Waals surface area contributed by atoms with E-state index >= 15 is 0 Å². The quantitative estimate of drug-likeness (QED) is 0.595. The predicted molar refractivity (Wildman–Crippen MR) is 124 cm³/mol. The molecule has 0 bridgehead atoms.